The van der Waals surface area contributed by atoms with Crippen LogP contribution in [0.1, 0.15) is 25.7 Å². The summed E-state index contributed by atoms with van der Waals surface area (Å²) >= 11 is 0. The summed E-state index contributed by atoms with van der Waals surface area (Å²) in [6.45, 7) is 0. The average Bonchev–Trinajstić information content (AvgIpc) is 2.04. The van der Waals surface area contributed by atoms with Crippen LogP contribution >= 0.6 is 0 Å². The lowest BCUT2D eigenvalue weighted by molar-refractivity contribution is -0.313. The fourth-order valence-corrected chi connectivity index (χ4v) is 1.75. The van der Waals surface area contributed by atoms with Crippen molar-refractivity contribution in [1.82, 2.24) is 0 Å². The summed E-state index contributed by atoms with van der Waals surface area (Å²) in [6.07, 6.45) is 2.85. The van der Waals surface area contributed by atoms with Gasteiger partial charge >= 0.3 is 0 Å². The average molecular weight is 170 g/mol. The molecule has 1 fully saturated rings. The zero-order chi connectivity index (χ0) is 9.14. The number of primary amides is 1. The van der Waals surface area contributed by atoms with Gasteiger partial charge in [-0.25, -0.2) is 0 Å². The van der Waals surface area contributed by atoms with Crippen molar-refractivity contribution in [2.24, 2.45) is 17.6 Å². The topological polar surface area (TPSA) is 83.2 Å². The van der Waals surface area contributed by atoms with Gasteiger partial charge in [-0.3, -0.25) is 4.79 Å². The molecule has 0 bridgehead atoms. The minimum Gasteiger partial charge on any atom is -0.550 e. The highest BCUT2D eigenvalue weighted by molar-refractivity contribution is 5.82. The largest absolute Gasteiger partial charge is 0.550 e. The molecule has 0 radical (unpaired) electrons. The smallest absolute Gasteiger partial charge is 0.221 e. The van der Waals surface area contributed by atoms with E-state index in [1.54, 1.807) is 0 Å². The van der Waals surface area contributed by atoms with Crippen LogP contribution in [-0.4, -0.2) is 11.9 Å². The predicted octanol–water partition coefficient (Wildman–Crippen LogP) is -0.972. The molecule has 2 N–H and O–H groups in total. The maximum atomic E-state index is 10.8. The van der Waals surface area contributed by atoms with Gasteiger partial charge in [-0.2, -0.15) is 0 Å². The maximum absolute atomic E-state index is 10.8. The molecule has 0 heterocycles. The van der Waals surface area contributed by atoms with Gasteiger partial charge in [0.25, 0.3) is 0 Å². The van der Waals surface area contributed by atoms with Gasteiger partial charge in [-0.05, 0) is 12.8 Å². The maximum Gasteiger partial charge on any atom is 0.221 e. The Kier molecular flexibility index (Phi) is 2.68. The first-order chi connectivity index (χ1) is 5.63. The number of carboxylic acid groups (broad SMARTS) is 1. The molecule has 1 amide bonds. The van der Waals surface area contributed by atoms with E-state index in [-0.39, 0.29) is 0 Å². The molecule has 0 spiro atoms. The van der Waals surface area contributed by atoms with E-state index in [1.165, 1.54) is 0 Å². The molecule has 12 heavy (non-hydrogen) atoms. The Morgan fingerprint density at radius 1 is 1.17 bits per heavy atom. The molecular weight excluding hydrogens is 158 g/mol. The summed E-state index contributed by atoms with van der Waals surface area (Å²) in [6, 6.07) is 0. The van der Waals surface area contributed by atoms with Crippen LogP contribution in [0.3, 0.4) is 0 Å². The quantitative estimate of drug-likeness (QED) is 0.578. The zero-order valence-electron chi connectivity index (χ0n) is 6.79. The number of hydrogen-bond donors (Lipinski definition) is 1. The van der Waals surface area contributed by atoms with Crippen LogP contribution in [0.4, 0.5) is 0 Å². The van der Waals surface area contributed by atoms with Crippen molar-refractivity contribution in [3.8, 4) is 0 Å². The molecule has 4 nitrogen and oxygen atoms in total. The highest BCUT2D eigenvalue weighted by atomic mass is 16.4. The number of nitrogens with two attached hydrogens (primary N) is 1. The first-order valence-electron chi connectivity index (χ1n) is 4.13. The van der Waals surface area contributed by atoms with E-state index in [0.29, 0.717) is 12.8 Å². The molecule has 0 saturated heterocycles. The van der Waals surface area contributed by atoms with Crippen molar-refractivity contribution in [3.63, 3.8) is 0 Å². The molecule has 0 aromatic heterocycles. The number of rotatable bonds is 2. The normalized spacial score (nSPS) is 29.7. The van der Waals surface area contributed by atoms with Crippen LogP contribution < -0.4 is 10.8 Å². The van der Waals surface area contributed by atoms with Gasteiger partial charge in [0.1, 0.15) is 0 Å². The Bertz CT molecular complexity index is 180. The van der Waals surface area contributed by atoms with Crippen molar-refractivity contribution in [1.29, 1.82) is 0 Å². The van der Waals surface area contributed by atoms with Crippen LogP contribution in [0.25, 0.3) is 0 Å². The standard InChI is InChI=1S/C8H13NO3/c9-7(10)5-3-1-2-4-6(5)8(11)12/h5-6H,1-4H2,(H2,9,10)(H,11,12)/p-1/t5-,6+/m1/s1. The lowest BCUT2D eigenvalue weighted by Crippen LogP contribution is -2.42. The molecule has 0 aromatic carbocycles. The van der Waals surface area contributed by atoms with Crippen molar-refractivity contribution >= 4 is 11.9 Å². The molecule has 1 rings (SSSR count). The molecular formula is C8H12NO3-. The van der Waals surface area contributed by atoms with Gasteiger partial charge in [-0.1, -0.05) is 12.8 Å². The van der Waals surface area contributed by atoms with Gasteiger partial charge in [0, 0.05) is 17.8 Å². The Morgan fingerprint density at radius 3 is 2.00 bits per heavy atom. The lowest BCUT2D eigenvalue weighted by atomic mass is 9.79. The molecule has 1 aliphatic rings. The molecule has 1 saturated carbocycles. The number of carbonyl (C=O) groups excluding carboxylic acids is 2. The minimum absolute atomic E-state index is 0.510. The van der Waals surface area contributed by atoms with E-state index >= 15 is 0 Å². The second-order valence-electron chi connectivity index (χ2n) is 3.22. The molecule has 2 atom stereocenters. The summed E-state index contributed by atoms with van der Waals surface area (Å²) in [4.78, 5) is 21.4. The third-order valence-electron chi connectivity index (χ3n) is 2.43. The molecule has 4 heteroatoms. The van der Waals surface area contributed by atoms with Gasteiger partial charge < -0.3 is 15.6 Å². The van der Waals surface area contributed by atoms with Crippen molar-refractivity contribution in [3.05, 3.63) is 0 Å². The van der Waals surface area contributed by atoms with Crippen LogP contribution in [0.2, 0.25) is 0 Å². The molecule has 0 unspecified atom stereocenters. The van der Waals surface area contributed by atoms with E-state index in [9.17, 15) is 14.7 Å². The second kappa shape index (κ2) is 3.56. The van der Waals surface area contributed by atoms with Crippen molar-refractivity contribution in [2.75, 3.05) is 0 Å². The van der Waals surface area contributed by atoms with Crippen molar-refractivity contribution < 1.29 is 14.7 Å². The third kappa shape index (κ3) is 1.75. The van der Waals surface area contributed by atoms with E-state index in [4.69, 9.17) is 5.73 Å². The third-order valence-corrected chi connectivity index (χ3v) is 2.43. The van der Waals surface area contributed by atoms with E-state index < -0.39 is 23.7 Å². The van der Waals surface area contributed by atoms with Crippen LogP contribution in [0.15, 0.2) is 0 Å². The summed E-state index contributed by atoms with van der Waals surface area (Å²) < 4.78 is 0. The van der Waals surface area contributed by atoms with E-state index in [2.05, 4.69) is 0 Å². The number of amides is 1. The first-order valence-corrected chi connectivity index (χ1v) is 4.13. The van der Waals surface area contributed by atoms with Crippen molar-refractivity contribution in [2.45, 2.75) is 25.7 Å². The molecule has 68 valence electrons. The summed E-state index contributed by atoms with van der Waals surface area (Å²) in [5.74, 6) is -2.82. The van der Waals surface area contributed by atoms with E-state index in [1.807, 2.05) is 0 Å². The summed E-state index contributed by atoms with van der Waals surface area (Å²) in [5, 5.41) is 10.6. The minimum atomic E-state index is -1.14. The molecule has 0 aliphatic heterocycles. The Labute approximate surface area is 70.7 Å². The second-order valence-corrected chi connectivity index (χ2v) is 3.22. The Balaban J connectivity index is 2.67. The monoisotopic (exact) mass is 170 g/mol. The zero-order valence-corrected chi connectivity index (χ0v) is 6.79. The molecule has 0 aromatic rings. The summed E-state index contributed by atoms with van der Waals surface area (Å²) in [5.41, 5.74) is 5.07. The van der Waals surface area contributed by atoms with Crippen LogP contribution in [0, 0.1) is 11.8 Å². The highest BCUT2D eigenvalue weighted by Gasteiger charge is 2.29. The summed E-state index contributed by atoms with van der Waals surface area (Å²) in [7, 11) is 0. The van der Waals surface area contributed by atoms with Gasteiger partial charge in [0.2, 0.25) is 5.91 Å². The Hall–Kier alpha value is -1.06. The fraction of sp³-hybridized carbons (Fsp3) is 0.750. The lowest BCUT2D eigenvalue weighted by Gasteiger charge is -2.29. The first kappa shape index (κ1) is 9.03. The highest BCUT2D eigenvalue weighted by Crippen LogP contribution is 2.29. The fourth-order valence-electron chi connectivity index (χ4n) is 1.75. The number of aliphatic carboxylic acids is 1. The Morgan fingerprint density at radius 2 is 1.67 bits per heavy atom. The van der Waals surface area contributed by atoms with Crippen LogP contribution in [-0.2, 0) is 9.59 Å². The number of hydrogen-bond acceptors (Lipinski definition) is 3. The SMILES string of the molecule is NC(=O)[C@@H]1CCCC[C@@H]1C(=O)[O-]. The predicted molar refractivity (Wildman–Crippen MR) is 39.6 cm³/mol. The van der Waals surface area contributed by atoms with Gasteiger partial charge in [-0.15, -0.1) is 0 Å². The number of carbonyl (C=O) groups is 2. The van der Waals surface area contributed by atoms with Gasteiger partial charge in [0.15, 0.2) is 0 Å². The molecule has 1 aliphatic carbocycles. The van der Waals surface area contributed by atoms with E-state index in [0.717, 1.165) is 12.8 Å². The van der Waals surface area contributed by atoms with Gasteiger partial charge in [0.05, 0.1) is 0 Å². The number of carboxylic acids is 1. The van der Waals surface area contributed by atoms with Crippen LogP contribution in [0.5, 0.6) is 0 Å².